The summed E-state index contributed by atoms with van der Waals surface area (Å²) >= 11 is 0. The van der Waals surface area contributed by atoms with Crippen LogP contribution in [0.15, 0.2) is 0 Å². The quantitative estimate of drug-likeness (QED) is 0.274. The van der Waals surface area contributed by atoms with Crippen LogP contribution in [0.25, 0.3) is 5.43 Å². The Balaban J connectivity index is 3.25. The number of hydrogen-bond donors (Lipinski definition) is 3. The molecule has 1 atom stereocenters. The molecule has 0 saturated carbocycles. The first-order chi connectivity index (χ1) is 5.54. The van der Waals surface area contributed by atoms with Crippen molar-refractivity contribution in [2.75, 3.05) is 6.54 Å². The molecule has 1 unspecified atom stereocenters. The molecule has 6 nitrogen and oxygen atoms in total. The first kappa shape index (κ1) is 11.5. The maximum atomic E-state index is 10.5. The van der Waals surface area contributed by atoms with E-state index in [1.165, 1.54) is 6.92 Å². The van der Waals surface area contributed by atoms with E-state index in [0.29, 0.717) is 19.4 Å². The van der Waals surface area contributed by atoms with Crippen LogP contribution in [0.2, 0.25) is 0 Å². The van der Waals surface area contributed by atoms with Crippen molar-refractivity contribution in [1.29, 1.82) is 0 Å². The van der Waals surface area contributed by atoms with Gasteiger partial charge in [-0.3, -0.25) is 21.7 Å². The number of nitrogens with two attached hydrogens (primary N) is 2. The third kappa shape index (κ3) is 6.20. The van der Waals surface area contributed by atoms with Crippen LogP contribution in [0, 0.1) is 0 Å². The topological polar surface area (TPSA) is 107 Å². The number of nitrogens with zero attached hydrogens (tertiary/aromatic N) is 2. The fourth-order valence-electron chi connectivity index (χ4n) is 0.674. The Labute approximate surface area is 71.4 Å². The standard InChI is InChI=1S/C6H15N4O2/c1-5(11)6(12)3-2-4-9-10(7)8/h6,12H,2-4,7-8H2,1H3/q-1. The van der Waals surface area contributed by atoms with Crippen molar-refractivity contribution in [3.05, 3.63) is 5.43 Å². The molecule has 72 valence electrons. The first-order valence-electron chi connectivity index (χ1n) is 3.69. The molecule has 6 heteroatoms. The molecule has 0 aromatic rings. The highest BCUT2D eigenvalue weighted by Gasteiger charge is 2.06. The first-order valence-corrected chi connectivity index (χ1v) is 3.69. The zero-order valence-electron chi connectivity index (χ0n) is 7.10. The number of Topliss-reactive ketones (excluding diaryl/α,β-unsaturated/α-hetero) is 1. The van der Waals surface area contributed by atoms with Gasteiger partial charge in [0.2, 0.25) is 0 Å². The third-order valence-electron chi connectivity index (χ3n) is 1.37. The Morgan fingerprint density at radius 1 is 1.67 bits per heavy atom. The second-order valence-electron chi connectivity index (χ2n) is 2.51. The van der Waals surface area contributed by atoms with Crippen molar-refractivity contribution >= 4 is 5.78 Å². The maximum Gasteiger partial charge on any atom is 0.158 e. The molecule has 0 radical (unpaired) electrons. The SMILES string of the molecule is CC(=O)C(O)CCC[N-]N(N)N. The van der Waals surface area contributed by atoms with E-state index in [0.717, 1.165) is 5.23 Å². The van der Waals surface area contributed by atoms with Crippen LogP contribution in [0.3, 0.4) is 0 Å². The summed E-state index contributed by atoms with van der Waals surface area (Å²) in [6, 6.07) is 0. The van der Waals surface area contributed by atoms with Crippen molar-refractivity contribution in [2.24, 2.45) is 11.7 Å². The van der Waals surface area contributed by atoms with Crippen molar-refractivity contribution in [3.63, 3.8) is 0 Å². The van der Waals surface area contributed by atoms with E-state index in [1.54, 1.807) is 0 Å². The molecule has 0 rings (SSSR count). The normalized spacial score (nSPS) is 13.4. The van der Waals surface area contributed by atoms with Gasteiger partial charge in [0.05, 0.1) is 0 Å². The minimum Gasteiger partial charge on any atom is -0.565 e. The lowest BCUT2D eigenvalue weighted by Crippen LogP contribution is -2.34. The summed E-state index contributed by atoms with van der Waals surface area (Å²) in [5.41, 5.74) is 3.62. The minimum absolute atomic E-state index is 0.229. The monoisotopic (exact) mass is 175 g/mol. The average molecular weight is 175 g/mol. The minimum atomic E-state index is -0.885. The second-order valence-corrected chi connectivity index (χ2v) is 2.51. The predicted octanol–water partition coefficient (Wildman–Crippen LogP) is -0.945. The molecule has 0 bridgehead atoms. The molecule has 0 aliphatic heterocycles. The molecule has 0 heterocycles. The van der Waals surface area contributed by atoms with Crippen molar-refractivity contribution in [1.82, 2.24) is 5.23 Å². The molecule has 0 aliphatic rings. The fraction of sp³-hybridized carbons (Fsp3) is 0.833. The summed E-state index contributed by atoms with van der Waals surface area (Å²) in [5.74, 6) is 9.74. The van der Waals surface area contributed by atoms with E-state index in [1.807, 2.05) is 0 Å². The van der Waals surface area contributed by atoms with Gasteiger partial charge in [0.15, 0.2) is 5.78 Å². The van der Waals surface area contributed by atoms with Gasteiger partial charge in [-0.2, -0.15) is 0 Å². The van der Waals surface area contributed by atoms with E-state index in [4.69, 9.17) is 16.8 Å². The van der Waals surface area contributed by atoms with Gasteiger partial charge < -0.3 is 10.5 Å². The van der Waals surface area contributed by atoms with E-state index in [2.05, 4.69) is 5.43 Å². The number of hydrogen-bond acceptors (Lipinski definition) is 5. The molecule has 0 fully saturated rings. The third-order valence-corrected chi connectivity index (χ3v) is 1.37. The van der Waals surface area contributed by atoms with Gasteiger partial charge in [-0.1, -0.05) is 6.42 Å². The van der Waals surface area contributed by atoms with Crippen LogP contribution >= 0.6 is 0 Å². The molecule has 5 N–H and O–H groups in total. The van der Waals surface area contributed by atoms with Crippen LogP contribution in [-0.2, 0) is 4.79 Å². The smallest absolute Gasteiger partial charge is 0.158 e. The molecule has 0 aromatic carbocycles. The largest absolute Gasteiger partial charge is 0.565 e. The lowest BCUT2D eigenvalue weighted by molar-refractivity contribution is -0.125. The number of ketones is 1. The van der Waals surface area contributed by atoms with E-state index >= 15 is 0 Å². The Morgan fingerprint density at radius 3 is 2.67 bits per heavy atom. The number of carbonyl (C=O) groups is 1. The predicted molar refractivity (Wildman–Crippen MR) is 44.4 cm³/mol. The Bertz CT molecular complexity index is 140. The number of rotatable bonds is 6. The Morgan fingerprint density at radius 2 is 2.25 bits per heavy atom. The van der Waals surface area contributed by atoms with Crippen LogP contribution in [0.5, 0.6) is 0 Å². The zero-order chi connectivity index (χ0) is 9.56. The number of hydrazine groups is 2. The van der Waals surface area contributed by atoms with Gasteiger partial charge in [-0.15, -0.1) is 6.54 Å². The van der Waals surface area contributed by atoms with E-state index in [-0.39, 0.29) is 5.78 Å². The van der Waals surface area contributed by atoms with Crippen molar-refractivity contribution in [3.8, 4) is 0 Å². The molecular weight excluding hydrogens is 160 g/mol. The van der Waals surface area contributed by atoms with Crippen LogP contribution in [0.1, 0.15) is 19.8 Å². The number of aliphatic hydroxyl groups excluding tert-OH is 1. The summed E-state index contributed by atoms with van der Waals surface area (Å²) in [7, 11) is 0. The molecule has 0 amide bonds. The van der Waals surface area contributed by atoms with Gasteiger partial charge in [0.1, 0.15) is 6.10 Å². The number of aliphatic hydroxyl groups is 1. The van der Waals surface area contributed by atoms with E-state index in [9.17, 15) is 4.79 Å². The van der Waals surface area contributed by atoms with Crippen LogP contribution in [-0.4, -0.2) is 28.8 Å². The molecule has 0 aliphatic carbocycles. The van der Waals surface area contributed by atoms with E-state index < -0.39 is 6.10 Å². The van der Waals surface area contributed by atoms with Gasteiger partial charge >= 0.3 is 0 Å². The summed E-state index contributed by atoms with van der Waals surface area (Å²) < 4.78 is 0. The molecule has 0 saturated heterocycles. The second kappa shape index (κ2) is 6.04. The lowest BCUT2D eigenvalue weighted by atomic mass is 10.1. The van der Waals surface area contributed by atoms with Crippen LogP contribution in [0.4, 0.5) is 0 Å². The van der Waals surface area contributed by atoms with Gasteiger partial charge in [-0.25, -0.2) is 0 Å². The highest BCUT2D eigenvalue weighted by Crippen LogP contribution is 2.00. The Hall–Kier alpha value is -0.530. The Kier molecular flexibility index (Phi) is 5.77. The molecule has 0 aromatic heterocycles. The summed E-state index contributed by atoms with van der Waals surface area (Å²) in [5, 5.41) is 9.75. The van der Waals surface area contributed by atoms with Gasteiger partial charge in [-0.05, 0) is 13.3 Å². The zero-order valence-corrected chi connectivity index (χ0v) is 7.10. The van der Waals surface area contributed by atoms with Crippen LogP contribution < -0.4 is 11.7 Å². The summed E-state index contributed by atoms with van der Waals surface area (Å²) in [6.45, 7) is 1.76. The van der Waals surface area contributed by atoms with Crippen molar-refractivity contribution in [2.45, 2.75) is 25.9 Å². The highest BCUT2D eigenvalue weighted by molar-refractivity contribution is 5.79. The van der Waals surface area contributed by atoms with Crippen molar-refractivity contribution < 1.29 is 9.90 Å². The lowest BCUT2D eigenvalue weighted by Gasteiger charge is -2.27. The average Bonchev–Trinajstić information content (AvgIpc) is 1.97. The highest BCUT2D eigenvalue weighted by atomic mass is 16.3. The maximum absolute atomic E-state index is 10.5. The summed E-state index contributed by atoms with van der Waals surface area (Å²) in [6.07, 6.45) is 0.0994. The molecule has 12 heavy (non-hydrogen) atoms. The number of carbonyl (C=O) groups excluding carboxylic acids is 1. The van der Waals surface area contributed by atoms with Gasteiger partial charge in [0.25, 0.3) is 0 Å². The molecule has 0 spiro atoms. The molecular formula is C6H15N4O2-. The summed E-state index contributed by atoms with van der Waals surface area (Å²) in [4.78, 5) is 10.5. The fourth-order valence-corrected chi connectivity index (χ4v) is 0.674. The van der Waals surface area contributed by atoms with Gasteiger partial charge in [0, 0.05) is 0 Å².